The second-order valence-corrected chi connectivity index (χ2v) is 7.63. The van der Waals surface area contributed by atoms with Crippen molar-refractivity contribution >= 4 is 17.4 Å². The van der Waals surface area contributed by atoms with E-state index in [1.807, 2.05) is 6.92 Å². The van der Waals surface area contributed by atoms with Gasteiger partial charge in [-0.1, -0.05) is 24.8 Å². The summed E-state index contributed by atoms with van der Waals surface area (Å²) >= 11 is 0. The van der Waals surface area contributed by atoms with Crippen molar-refractivity contribution in [2.75, 3.05) is 13.2 Å². The molecular formula is C27H25NO6. The van der Waals surface area contributed by atoms with Gasteiger partial charge in [-0.25, -0.2) is 0 Å². The lowest BCUT2D eigenvalue weighted by molar-refractivity contribution is -0.140. The molecule has 1 aliphatic heterocycles. The molecular weight excluding hydrogens is 434 g/mol. The summed E-state index contributed by atoms with van der Waals surface area (Å²) in [5.74, 6) is 0.0807. The number of carbonyl (C=O) groups excluding carboxylic acids is 2. The number of amides is 1. The standard InChI is InChI=1S/C27H25NO6/c1-3-15-33-21-11-7-18(8-12-21)24-23(25(29)19-9-13-20(14-10-19)32-4-2)26(30)27(31)28(24)17-22-6-5-16-34-22/h3,5-14,16,24,29H,1,4,15,17H2,2H3. The Hall–Kier alpha value is -4.26. The highest BCUT2D eigenvalue weighted by Crippen LogP contribution is 2.40. The molecule has 7 heteroatoms. The van der Waals surface area contributed by atoms with E-state index < -0.39 is 17.7 Å². The van der Waals surface area contributed by atoms with Crippen molar-refractivity contribution in [1.29, 1.82) is 0 Å². The van der Waals surface area contributed by atoms with Gasteiger partial charge in [0.25, 0.3) is 11.7 Å². The maximum Gasteiger partial charge on any atom is 0.296 e. The van der Waals surface area contributed by atoms with Gasteiger partial charge in [0.15, 0.2) is 0 Å². The maximum absolute atomic E-state index is 13.1. The Morgan fingerprint density at radius 3 is 2.35 bits per heavy atom. The van der Waals surface area contributed by atoms with Crippen LogP contribution in [0.15, 0.2) is 89.6 Å². The fourth-order valence-corrected chi connectivity index (χ4v) is 3.89. The van der Waals surface area contributed by atoms with Crippen LogP contribution in [-0.4, -0.2) is 34.9 Å². The van der Waals surface area contributed by atoms with Gasteiger partial charge in [0, 0.05) is 5.56 Å². The molecule has 1 unspecified atom stereocenters. The number of aliphatic hydroxyl groups is 1. The van der Waals surface area contributed by atoms with Crippen molar-refractivity contribution in [2.24, 2.45) is 0 Å². The summed E-state index contributed by atoms with van der Waals surface area (Å²) in [5.41, 5.74) is 1.08. The number of likely N-dealkylation sites (tertiary alicyclic amines) is 1. The van der Waals surface area contributed by atoms with E-state index >= 15 is 0 Å². The second-order valence-electron chi connectivity index (χ2n) is 7.63. The van der Waals surface area contributed by atoms with Gasteiger partial charge < -0.3 is 23.9 Å². The highest BCUT2D eigenvalue weighted by atomic mass is 16.5. The maximum atomic E-state index is 13.1. The molecule has 1 aromatic heterocycles. The molecule has 1 fully saturated rings. The fourth-order valence-electron chi connectivity index (χ4n) is 3.89. The monoisotopic (exact) mass is 459 g/mol. The minimum atomic E-state index is -0.801. The number of benzene rings is 2. The van der Waals surface area contributed by atoms with Gasteiger partial charge >= 0.3 is 0 Å². The molecule has 0 spiro atoms. The van der Waals surface area contributed by atoms with Crippen LogP contribution in [0.3, 0.4) is 0 Å². The number of hydrogen-bond donors (Lipinski definition) is 1. The summed E-state index contributed by atoms with van der Waals surface area (Å²) in [6.45, 7) is 6.46. The average Bonchev–Trinajstić information content (AvgIpc) is 3.46. The molecule has 1 aliphatic rings. The van der Waals surface area contributed by atoms with E-state index in [1.165, 1.54) is 11.2 Å². The molecule has 1 atom stereocenters. The second kappa shape index (κ2) is 10.1. The number of hydrogen-bond acceptors (Lipinski definition) is 6. The third-order valence-electron chi connectivity index (χ3n) is 5.45. The van der Waals surface area contributed by atoms with Gasteiger partial charge in [0.2, 0.25) is 0 Å². The molecule has 0 bridgehead atoms. The first-order valence-corrected chi connectivity index (χ1v) is 10.9. The fraction of sp³-hybridized carbons (Fsp3) is 0.185. The Kier molecular flexibility index (Phi) is 6.82. The average molecular weight is 459 g/mol. The van der Waals surface area contributed by atoms with Gasteiger partial charge in [-0.15, -0.1) is 0 Å². The Labute approximate surface area is 197 Å². The lowest BCUT2D eigenvalue weighted by Gasteiger charge is -2.24. The summed E-state index contributed by atoms with van der Waals surface area (Å²) in [5, 5.41) is 11.2. The van der Waals surface area contributed by atoms with E-state index in [0.717, 1.165) is 0 Å². The molecule has 1 saturated heterocycles. The summed E-state index contributed by atoms with van der Waals surface area (Å²) < 4.78 is 16.4. The molecule has 2 heterocycles. The topological polar surface area (TPSA) is 89.2 Å². The zero-order valence-electron chi connectivity index (χ0n) is 18.8. The Balaban J connectivity index is 1.77. The van der Waals surface area contributed by atoms with Gasteiger partial charge in [0.05, 0.1) is 31.0 Å². The quantitative estimate of drug-likeness (QED) is 0.213. The van der Waals surface area contributed by atoms with Crippen LogP contribution in [0, 0.1) is 0 Å². The van der Waals surface area contributed by atoms with Crippen molar-refractivity contribution in [3.05, 3.63) is 102 Å². The van der Waals surface area contributed by atoms with Crippen molar-refractivity contribution < 1.29 is 28.6 Å². The van der Waals surface area contributed by atoms with Crippen LogP contribution in [0.5, 0.6) is 11.5 Å². The van der Waals surface area contributed by atoms with Crippen molar-refractivity contribution in [3.63, 3.8) is 0 Å². The number of rotatable bonds is 9. The first kappa shape index (κ1) is 22.9. The number of Topliss-reactive ketones (excluding diaryl/α,β-unsaturated/α-hetero) is 1. The van der Waals surface area contributed by atoms with Crippen molar-refractivity contribution in [3.8, 4) is 11.5 Å². The molecule has 7 nitrogen and oxygen atoms in total. The summed E-state index contributed by atoms with van der Waals surface area (Å²) in [6.07, 6.45) is 3.15. The van der Waals surface area contributed by atoms with Crippen LogP contribution < -0.4 is 9.47 Å². The molecule has 0 radical (unpaired) electrons. The van der Waals surface area contributed by atoms with Gasteiger partial charge in [-0.2, -0.15) is 0 Å². The molecule has 4 rings (SSSR count). The van der Waals surface area contributed by atoms with Crippen LogP contribution in [0.2, 0.25) is 0 Å². The molecule has 3 aromatic rings. The third kappa shape index (κ3) is 4.59. The first-order chi connectivity index (χ1) is 16.5. The summed E-state index contributed by atoms with van der Waals surface area (Å²) in [7, 11) is 0. The van der Waals surface area contributed by atoms with E-state index in [-0.39, 0.29) is 17.9 Å². The highest BCUT2D eigenvalue weighted by Gasteiger charge is 2.46. The first-order valence-electron chi connectivity index (χ1n) is 10.9. The number of aliphatic hydroxyl groups excluding tert-OH is 1. The van der Waals surface area contributed by atoms with Crippen LogP contribution in [-0.2, 0) is 16.1 Å². The predicted molar refractivity (Wildman–Crippen MR) is 126 cm³/mol. The molecule has 1 N–H and O–H groups in total. The Morgan fingerprint density at radius 2 is 1.74 bits per heavy atom. The molecule has 0 aliphatic carbocycles. The normalized spacial score (nSPS) is 17.1. The molecule has 174 valence electrons. The number of carbonyl (C=O) groups is 2. The summed E-state index contributed by atoms with van der Waals surface area (Å²) in [6, 6.07) is 16.4. The van der Waals surface area contributed by atoms with Crippen LogP contribution in [0.25, 0.3) is 5.76 Å². The van der Waals surface area contributed by atoms with Gasteiger partial charge in [-0.3, -0.25) is 9.59 Å². The number of furan rings is 1. The SMILES string of the molecule is C=CCOc1ccc(C2C(=C(O)c3ccc(OCC)cc3)C(=O)C(=O)N2Cc2ccco2)cc1. The molecule has 1 amide bonds. The van der Waals surface area contributed by atoms with Crippen LogP contribution >= 0.6 is 0 Å². The summed E-state index contributed by atoms with van der Waals surface area (Å²) in [4.78, 5) is 27.6. The highest BCUT2D eigenvalue weighted by molar-refractivity contribution is 6.46. The largest absolute Gasteiger partial charge is 0.507 e. The number of nitrogens with zero attached hydrogens (tertiary/aromatic N) is 1. The molecule has 34 heavy (non-hydrogen) atoms. The number of ether oxygens (including phenoxy) is 2. The minimum Gasteiger partial charge on any atom is -0.507 e. The lowest BCUT2D eigenvalue weighted by Crippen LogP contribution is -2.29. The van der Waals surface area contributed by atoms with Gasteiger partial charge in [-0.05, 0) is 61.0 Å². The van der Waals surface area contributed by atoms with E-state index in [9.17, 15) is 14.7 Å². The number of ketones is 1. The zero-order valence-corrected chi connectivity index (χ0v) is 18.8. The zero-order chi connectivity index (χ0) is 24.1. The van der Waals surface area contributed by atoms with Crippen molar-refractivity contribution in [2.45, 2.75) is 19.5 Å². The smallest absolute Gasteiger partial charge is 0.296 e. The van der Waals surface area contributed by atoms with E-state index in [1.54, 1.807) is 66.7 Å². The van der Waals surface area contributed by atoms with E-state index in [2.05, 4.69) is 6.58 Å². The molecule has 0 saturated carbocycles. The van der Waals surface area contributed by atoms with Crippen molar-refractivity contribution in [1.82, 2.24) is 4.90 Å². The predicted octanol–water partition coefficient (Wildman–Crippen LogP) is 4.87. The third-order valence-corrected chi connectivity index (χ3v) is 5.45. The van der Waals surface area contributed by atoms with Crippen LogP contribution in [0.1, 0.15) is 29.9 Å². The Morgan fingerprint density at radius 1 is 1.06 bits per heavy atom. The van der Waals surface area contributed by atoms with Gasteiger partial charge in [0.1, 0.15) is 29.6 Å². The lowest BCUT2D eigenvalue weighted by atomic mass is 9.95. The van der Waals surface area contributed by atoms with Crippen LogP contribution in [0.4, 0.5) is 0 Å². The van der Waals surface area contributed by atoms with E-state index in [0.29, 0.717) is 41.6 Å². The molecule has 2 aromatic carbocycles. The van der Waals surface area contributed by atoms with E-state index in [4.69, 9.17) is 13.9 Å². The minimum absolute atomic E-state index is 0.0143. The Bertz CT molecular complexity index is 1190.